The van der Waals surface area contributed by atoms with Gasteiger partial charge in [-0.1, -0.05) is 24.3 Å². The number of aryl methyl sites for hydroxylation is 1. The van der Waals surface area contributed by atoms with Crippen LogP contribution in [0.2, 0.25) is 0 Å². The van der Waals surface area contributed by atoms with E-state index in [2.05, 4.69) is 4.98 Å². The van der Waals surface area contributed by atoms with Gasteiger partial charge in [0.15, 0.2) is 0 Å². The molecule has 0 unspecified atom stereocenters. The third kappa shape index (κ3) is 3.16. The summed E-state index contributed by atoms with van der Waals surface area (Å²) in [7, 11) is 0. The Morgan fingerprint density at radius 2 is 1.90 bits per heavy atom. The molecule has 0 saturated heterocycles. The number of esters is 1. The third-order valence-electron chi connectivity index (χ3n) is 3.12. The maximum atomic E-state index is 12.2. The molecule has 0 aliphatic heterocycles. The van der Waals surface area contributed by atoms with E-state index in [1.54, 1.807) is 0 Å². The molecule has 20 heavy (non-hydrogen) atoms. The lowest BCUT2D eigenvalue weighted by Crippen LogP contribution is -2.27. The lowest BCUT2D eigenvalue weighted by molar-refractivity contribution is -0.156. The van der Waals surface area contributed by atoms with Crippen molar-refractivity contribution in [2.75, 3.05) is 0 Å². The van der Waals surface area contributed by atoms with Crippen LogP contribution in [0.25, 0.3) is 10.9 Å². The van der Waals surface area contributed by atoms with Gasteiger partial charge >= 0.3 is 5.97 Å². The van der Waals surface area contributed by atoms with Crippen molar-refractivity contribution in [3.8, 4) is 0 Å². The Morgan fingerprint density at radius 1 is 1.20 bits per heavy atom. The van der Waals surface area contributed by atoms with Crippen molar-refractivity contribution in [3.63, 3.8) is 0 Å². The van der Waals surface area contributed by atoms with Gasteiger partial charge in [0.2, 0.25) is 0 Å². The highest BCUT2D eigenvalue weighted by Crippen LogP contribution is 2.26. The van der Waals surface area contributed by atoms with Crippen molar-refractivity contribution in [2.24, 2.45) is 0 Å². The van der Waals surface area contributed by atoms with E-state index in [0.717, 1.165) is 22.2 Å². The van der Waals surface area contributed by atoms with Gasteiger partial charge in [-0.15, -0.1) is 0 Å². The summed E-state index contributed by atoms with van der Waals surface area (Å²) in [5.41, 5.74) is 2.27. The highest BCUT2D eigenvalue weighted by molar-refractivity contribution is 5.88. The van der Waals surface area contributed by atoms with Crippen LogP contribution in [0.3, 0.4) is 0 Å². The molecule has 0 saturated carbocycles. The number of carbonyl (C=O) groups is 1. The maximum absolute atomic E-state index is 12.2. The number of para-hydroxylation sites is 1. The van der Waals surface area contributed by atoms with Gasteiger partial charge in [0.25, 0.3) is 0 Å². The SMILES string of the molecule is Cc1ccc2cccc([C@H](C)C(=O)OC(C)(C)C)c2n1. The fraction of sp³-hybridized carbons (Fsp3) is 0.412. The number of fused-ring (bicyclic) bond motifs is 1. The number of ether oxygens (including phenoxy) is 1. The Bertz CT molecular complexity index is 641. The first kappa shape index (κ1) is 14.5. The number of rotatable bonds is 2. The molecular weight excluding hydrogens is 250 g/mol. The summed E-state index contributed by atoms with van der Waals surface area (Å²) in [4.78, 5) is 16.8. The molecule has 0 amide bonds. The Hall–Kier alpha value is -1.90. The van der Waals surface area contributed by atoms with Crippen LogP contribution in [0.1, 0.15) is 44.9 Å². The van der Waals surface area contributed by atoms with Gasteiger partial charge in [-0.25, -0.2) is 0 Å². The number of aromatic nitrogens is 1. The smallest absolute Gasteiger partial charge is 0.313 e. The molecule has 0 radical (unpaired) electrons. The van der Waals surface area contributed by atoms with Crippen LogP contribution in [0.15, 0.2) is 30.3 Å². The van der Waals surface area contributed by atoms with Crippen molar-refractivity contribution >= 4 is 16.9 Å². The van der Waals surface area contributed by atoms with Crippen LogP contribution in [-0.4, -0.2) is 16.6 Å². The number of pyridine rings is 1. The number of carbonyl (C=O) groups excluding carboxylic acids is 1. The van der Waals surface area contributed by atoms with E-state index in [0.29, 0.717) is 0 Å². The minimum absolute atomic E-state index is 0.215. The molecule has 1 heterocycles. The van der Waals surface area contributed by atoms with Crippen LogP contribution in [0.5, 0.6) is 0 Å². The molecule has 1 aromatic carbocycles. The monoisotopic (exact) mass is 271 g/mol. The molecular formula is C17H21NO2. The summed E-state index contributed by atoms with van der Waals surface area (Å²) in [6.45, 7) is 9.45. The molecule has 0 aliphatic rings. The fourth-order valence-electron chi connectivity index (χ4n) is 2.13. The van der Waals surface area contributed by atoms with Crippen LogP contribution >= 0.6 is 0 Å². The van der Waals surface area contributed by atoms with Crippen LogP contribution in [0.4, 0.5) is 0 Å². The van der Waals surface area contributed by atoms with E-state index in [4.69, 9.17) is 4.74 Å². The van der Waals surface area contributed by atoms with Gasteiger partial charge in [0.05, 0.1) is 11.4 Å². The van der Waals surface area contributed by atoms with Crippen LogP contribution in [-0.2, 0) is 9.53 Å². The number of hydrogen-bond donors (Lipinski definition) is 0. The summed E-state index contributed by atoms with van der Waals surface area (Å²) in [6.07, 6.45) is 0. The molecule has 2 rings (SSSR count). The molecule has 1 atom stereocenters. The molecule has 1 aromatic heterocycles. The Morgan fingerprint density at radius 3 is 2.55 bits per heavy atom. The van der Waals surface area contributed by atoms with Gasteiger partial charge in [0.1, 0.15) is 5.60 Å². The van der Waals surface area contributed by atoms with E-state index in [1.807, 2.05) is 65.0 Å². The minimum atomic E-state index is -0.473. The quantitative estimate of drug-likeness (QED) is 0.775. The number of hydrogen-bond acceptors (Lipinski definition) is 3. The molecule has 3 nitrogen and oxygen atoms in total. The van der Waals surface area contributed by atoms with Gasteiger partial charge in [-0.05, 0) is 46.2 Å². The Labute approximate surface area is 120 Å². The molecule has 106 valence electrons. The van der Waals surface area contributed by atoms with Crippen LogP contribution in [0, 0.1) is 6.92 Å². The van der Waals surface area contributed by atoms with E-state index < -0.39 is 5.60 Å². The number of nitrogens with zero attached hydrogens (tertiary/aromatic N) is 1. The van der Waals surface area contributed by atoms with Gasteiger partial charge < -0.3 is 4.74 Å². The molecule has 3 heteroatoms. The van der Waals surface area contributed by atoms with Crippen molar-refractivity contribution in [1.82, 2.24) is 4.98 Å². The summed E-state index contributed by atoms with van der Waals surface area (Å²) >= 11 is 0. The first-order valence-electron chi connectivity index (χ1n) is 6.87. The lowest BCUT2D eigenvalue weighted by atomic mass is 9.97. The second-order valence-electron chi connectivity index (χ2n) is 6.13. The Balaban J connectivity index is 2.42. The average Bonchev–Trinajstić information content (AvgIpc) is 2.35. The predicted molar refractivity (Wildman–Crippen MR) is 80.7 cm³/mol. The molecule has 0 bridgehead atoms. The van der Waals surface area contributed by atoms with Gasteiger partial charge in [-0.3, -0.25) is 9.78 Å². The van der Waals surface area contributed by atoms with Crippen LogP contribution < -0.4 is 0 Å². The van der Waals surface area contributed by atoms with E-state index in [-0.39, 0.29) is 11.9 Å². The minimum Gasteiger partial charge on any atom is -0.460 e. The van der Waals surface area contributed by atoms with Crippen molar-refractivity contribution in [2.45, 2.75) is 46.1 Å². The zero-order valence-electron chi connectivity index (χ0n) is 12.7. The highest BCUT2D eigenvalue weighted by Gasteiger charge is 2.24. The standard InChI is InChI=1S/C17H21NO2/c1-11-9-10-13-7-6-8-14(15(13)18-11)12(2)16(19)20-17(3,4)5/h6-10,12H,1-5H3/t12-/m0/s1. The maximum Gasteiger partial charge on any atom is 0.313 e. The fourth-order valence-corrected chi connectivity index (χ4v) is 2.13. The summed E-state index contributed by atoms with van der Waals surface area (Å²) in [6, 6.07) is 9.92. The summed E-state index contributed by atoms with van der Waals surface area (Å²) in [5, 5.41) is 1.04. The highest BCUT2D eigenvalue weighted by atomic mass is 16.6. The number of benzene rings is 1. The summed E-state index contributed by atoms with van der Waals surface area (Å²) in [5.74, 6) is -0.541. The van der Waals surface area contributed by atoms with E-state index >= 15 is 0 Å². The first-order valence-corrected chi connectivity index (χ1v) is 6.87. The predicted octanol–water partition coefficient (Wildman–Crippen LogP) is 3.99. The zero-order valence-corrected chi connectivity index (χ0v) is 12.7. The molecule has 0 N–H and O–H groups in total. The van der Waals surface area contributed by atoms with E-state index in [9.17, 15) is 4.79 Å². The second-order valence-corrected chi connectivity index (χ2v) is 6.13. The zero-order chi connectivity index (χ0) is 14.9. The largest absolute Gasteiger partial charge is 0.460 e. The van der Waals surface area contributed by atoms with Crippen molar-refractivity contribution in [3.05, 3.63) is 41.6 Å². The third-order valence-corrected chi connectivity index (χ3v) is 3.12. The topological polar surface area (TPSA) is 39.2 Å². The lowest BCUT2D eigenvalue weighted by Gasteiger charge is -2.22. The molecule has 0 fully saturated rings. The average molecular weight is 271 g/mol. The first-order chi connectivity index (χ1) is 9.28. The Kier molecular flexibility index (Phi) is 3.80. The molecule has 0 aliphatic carbocycles. The summed E-state index contributed by atoms with van der Waals surface area (Å²) < 4.78 is 5.47. The van der Waals surface area contributed by atoms with E-state index in [1.165, 1.54) is 0 Å². The molecule has 2 aromatic rings. The molecule has 0 spiro atoms. The van der Waals surface area contributed by atoms with Crippen molar-refractivity contribution < 1.29 is 9.53 Å². The van der Waals surface area contributed by atoms with Crippen molar-refractivity contribution in [1.29, 1.82) is 0 Å². The van der Waals surface area contributed by atoms with Gasteiger partial charge in [-0.2, -0.15) is 0 Å². The second kappa shape index (κ2) is 5.23. The van der Waals surface area contributed by atoms with Gasteiger partial charge in [0, 0.05) is 11.1 Å². The normalized spacial score (nSPS) is 13.2.